The van der Waals surface area contributed by atoms with Crippen molar-refractivity contribution in [3.8, 4) is 17.2 Å². The van der Waals surface area contributed by atoms with Crippen molar-refractivity contribution in [3.63, 3.8) is 0 Å². The van der Waals surface area contributed by atoms with E-state index >= 15 is 0 Å². The van der Waals surface area contributed by atoms with E-state index in [1.165, 1.54) is 18.1 Å². The number of rotatable bonds is 5. The number of phenolic OH excluding ortho intramolecular Hbond substituents is 1. The minimum absolute atomic E-state index is 0.00246. The number of hydrogen-bond donors (Lipinski definition) is 2. The summed E-state index contributed by atoms with van der Waals surface area (Å²) in [5, 5.41) is 21.4. The minimum Gasteiger partial charge on any atom is -0.507 e. The van der Waals surface area contributed by atoms with Crippen molar-refractivity contribution in [2.24, 2.45) is 0 Å². The Hall–Kier alpha value is -3.52. The van der Waals surface area contributed by atoms with E-state index in [-0.39, 0.29) is 41.6 Å². The molecule has 0 aromatic heterocycles. The van der Waals surface area contributed by atoms with E-state index < -0.39 is 17.7 Å². The molecule has 3 unspecified atom stereocenters. The van der Waals surface area contributed by atoms with Crippen LogP contribution in [-0.2, 0) is 20.7 Å². The van der Waals surface area contributed by atoms with Crippen LogP contribution in [0.2, 0.25) is 0 Å². The first-order valence-corrected chi connectivity index (χ1v) is 11.4. The molecule has 5 rings (SSSR count). The van der Waals surface area contributed by atoms with E-state index in [1.54, 1.807) is 30.3 Å². The summed E-state index contributed by atoms with van der Waals surface area (Å²) < 4.78 is 16.7. The van der Waals surface area contributed by atoms with Gasteiger partial charge in [0.25, 0.3) is 11.7 Å². The second kappa shape index (κ2) is 8.68. The summed E-state index contributed by atoms with van der Waals surface area (Å²) in [5.41, 5.74) is 1.93. The molecule has 3 atom stereocenters. The monoisotopic (exact) mass is 465 g/mol. The maximum absolute atomic E-state index is 13.2. The number of hydrogen-bond acceptors (Lipinski definition) is 7. The number of carbonyl (C=O) groups is 2. The Balaban J connectivity index is 1.62. The predicted octanol–water partition coefficient (Wildman–Crippen LogP) is 3.32. The fraction of sp³-hybridized carbons (Fsp3) is 0.385. The van der Waals surface area contributed by atoms with Gasteiger partial charge >= 0.3 is 0 Å². The number of carbonyl (C=O) groups excluding carboxylic acids is 2. The molecule has 0 aliphatic carbocycles. The summed E-state index contributed by atoms with van der Waals surface area (Å²) in [5.74, 6) is -0.779. The fourth-order valence-electron chi connectivity index (χ4n) is 5.01. The number of methoxy groups -OCH3 is 1. The second-order valence-corrected chi connectivity index (χ2v) is 8.97. The highest BCUT2D eigenvalue weighted by atomic mass is 16.5. The standard InChI is InChI=1S/C26H27NO7/c1-14-10-17-11-16(6-8-20(17)34-14)24(29)22-23(15-5-7-19(28)21(12-15)32-2)27(26(31)25(22)30)13-18-4-3-9-33-18/h5-8,11-12,14,18,23,28-29H,3-4,9-10,13H2,1-2H3/b24-22-. The molecule has 3 aliphatic heterocycles. The first-order valence-electron chi connectivity index (χ1n) is 11.4. The number of benzene rings is 2. The van der Waals surface area contributed by atoms with Crippen molar-refractivity contribution in [3.05, 3.63) is 58.7 Å². The topological polar surface area (TPSA) is 106 Å². The molecule has 2 aromatic rings. The molecule has 1 amide bonds. The second-order valence-electron chi connectivity index (χ2n) is 8.97. The molecular weight excluding hydrogens is 438 g/mol. The van der Waals surface area contributed by atoms with Crippen LogP contribution in [-0.4, -0.2) is 59.3 Å². The molecule has 0 saturated carbocycles. The van der Waals surface area contributed by atoms with E-state index in [2.05, 4.69) is 0 Å². The lowest BCUT2D eigenvalue weighted by atomic mass is 9.94. The van der Waals surface area contributed by atoms with Gasteiger partial charge in [-0.15, -0.1) is 0 Å². The normalized spacial score (nSPS) is 25.5. The third-order valence-electron chi connectivity index (χ3n) is 6.65. The van der Waals surface area contributed by atoms with E-state index in [1.807, 2.05) is 6.92 Å². The highest BCUT2D eigenvalue weighted by Gasteiger charge is 2.47. The van der Waals surface area contributed by atoms with Gasteiger partial charge in [0.2, 0.25) is 0 Å². The number of fused-ring (bicyclic) bond motifs is 1. The molecule has 2 fully saturated rings. The number of ketones is 1. The molecule has 0 spiro atoms. The zero-order valence-electron chi connectivity index (χ0n) is 19.1. The van der Waals surface area contributed by atoms with Crippen LogP contribution in [0, 0.1) is 0 Å². The fourth-order valence-corrected chi connectivity index (χ4v) is 5.01. The molecule has 2 aromatic carbocycles. The summed E-state index contributed by atoms with van der Waals surface area (Å²) >= 11 is 0. The maximum atomic E-state index is 13.2. The Labute approximate surface area is 197 Å². The van der Waals surface area contributed by atoms with Crippen LogP contribution >= 0.6 is 0 Å². The van der Waals surface area contributed by atoms with Gasteiger partial charge in [0.05, 0.1) is 24.8 Å². The molecule has 0 radical (unpaired) electrons. The molecule has 3 aliphatic rings. The Morgan fingerprint density at radius 2 is 2.03 bits per heavy atom. The zero-order chi connectivity index (χ0) is 24.0. The van der Waals surface area contributed by atoms with Crippen LogP contribution in [0.1, 0.15) is 42.5 Å². The first kappa shape index (κ1) is 22.3. The number of aliphatic hydroxyl groups is 1. The smallest absolute Gasteiger partial charge is 0.295 e. The number of phenols is 1. The first-order chi connectivity index (χ1) is 16.4. The number of aromatic hydroxyl groups is 1. The maximum Gasteiger partial charge on any atom is 0.295 e. The van der Waals surface area contributed by atoms with Crippen LogP contribution < -0.4 is 9.47 Å². The van der Waals surface area contributed by atoms with Crippen LogP contribution in [0.25, 0.3) is 5.76 Å². The Morgan fingerprint density at radius 3 is 2.76 bits per heavy atom. The van der Waals surface area contributed by atoms with Gasteiger partial charge in [-0.05, 0) is 61.2 Å². The number of aliphatic hydroxyl groups excluding tert-OH is 1. The molecule has 8 heteroatoms. The molecule has 2 N–H and O–H groups in total. The molecule has 3 heterocycles. The Morgan fingerprint density at radius 1 is 1.21 bits per heavy atom. The number of ether oxygens (including phenoxy) is 3. The van der Waals surface area contributed by atoms with Crippen molar-refractivity contribution in [1.82, 2.24) is 4.90 Å². The van der Waals surface area contributed by atoms with Crippen LogP contribution in [0.5, 0.6) is 17.2 Å². The van der Waals surface area contributed by atoms with E-state index in [4.69, 9.17) is 14.2 Å². The summed E-state index contributed by atoms with van der Waals surface area (Å²) in [7, 11) is 1.43. The third kappa shape index (κ3) is 3.77. The van der Waals surface area contributed by atoms with Crippen molar-refractivity contribution in [1.29, 1.82) is 0 Å². The summed E-state index contributed by atoms with van der Waals surface area (Å²) in [6.45, 7) is 2.81. The lowest BCUT2D eigenvalue weighted by Crippen LogP contribution is -2.36. The van der Waals surface area contributed by atoms with Gasteiger partial charge in [0.1, 0.15) is 17.6 Å². The SMILES string of the molecule is COc1cc(C2/C(=C(/O)c3ccc4c(c3)CC(C)O4)C(=O)C(=O)N2CC2CCCO2)ccc1O. The average Bonchev–Trinajstić information content (AvgIpc) is 3.53. The molecule has 0 bridgehead atoms. The van der Waals surface area contributed by atoms with Gasteiger partial charge in [-0.2, -0.15) is 0 Å². The van der Waals surface area contributed by atoms with Gasteiger partial charge in [0.15, 0.2) is 11.5 Å². The minimum atomic E-state index is -0.845. The Bertz CT molecular complexity index is 1180. The van der Waals surface area contributed by atoms with Crippen LogP contribution in [0.15, 0.2) is 42.0 Å². The van der Waals surface area contributed by atoms with Crippen molar-refractivity contribution < 1.29 is 34.0 Å². The van der Waals surface area contributed by atoms with Crippen molar-refractivity contribution in [2.45, 2.75) is 44.4 Å². The van der Waals surface area contributed by atoms with Gasteiger partial charge in [-0.3, -0.25) is 9.59 Å². The average molecular weight is 466 g/mol. The zero-order valence-corrected chi connectivity index (χ0v) is 19.1. The van der Waals surface area contributed by atoms with Gasteiger partial charge in [-0.25, -0.2) is 0 Å². The quantitative estimate of drug-likeness (QED) is 0.396. The van der Waals surface area contributed by atoms with E-state index in [9.17, 15) is 19.8 Å². The summed E-state index contributed by atoms with van der Waals surface area (Å²) in [4.78, 5) is 27.8. The lowest BCUT2D eigenvalue weighted by molar-refractivity contribution is -0.140. The molecule has 178 valence electrons. The van der Waals surface area contributed by atoms with Crippen molar-refractivity contribution >= 4 is 17.4 Å². The number of Topliss-reactive ketones (excluding diaryl/α,β-unsaturated/α-hetero) is 1. The lowest BCUT2D eigenvalue weighted by Gasteiger charge is -2.27. The predicted molar refractivity (Wildman–Crippen MR) is 123 cm³/mol. The third-order valence-corrected chi connectivity index (χ3v) is 6.65. The van der Waals surface area contributed by atoms with Gasteiger partial charge in [-0.1, -0.05) is 6.07 Å². The summed E-state index contributed by atoms with van der Waals surface area (Å²) in [6, 6.07) is 9.08. The van der Waals surface area contributed by atoms with E-state index in [0.29, 0.717) is 24.2 Å². The Kier molecular flexibility index (Phi) is 5.69. The van der Waals surface area contributed by atoms with E-state index in [0.717, 1.165) is 24.2 Å². The van der Waals surface area contributed by atoms with Crippen LogP contribution in [0.3, 0.4) is 0 Å². The van der Waals surface area contributed by atoms with Gasteiger partial charge < -0.3 is 29.3 Å². The molecule has 2 saturated heterocycles. The number of amides is 1. The highest BCUT2D eigenvalue weighted by Crippen LogP contribution is 2.43. The molecule has 34 heavy (non-hydrogen) atoms. The molecule has 8 nitrogen and oxygen atoms in total. The molecular formula is C26H27NO7. The number of likely N-dealkylation sites (tertiary alicyclic amines) is 1. The van der Waals surface area contributed by atoms with Crippen molar-refractivity contribution in [2.75, 3.05) is 20.3 Å². The highest BCUT2D eigenvalue weighted by molar-refractivity contribution is 6.46. The van der Waals surface area contributed by atoms with Crippen LogP contribution in [0.4, 0.5) is 0 Å². The summed E-state index contributed by atoms with van der Waals surface area (Å²) in [6.07, 6.45) is 2.23. The number of nitrogens with zero attached hydrogens (tertiary/aromatic N) is 1. The van der Waals surface area contributed by atoms with Gasteiger partial charge in [0, 0.05) is 25.1 Å². The largest absolute Gasteiger partial charge is 0.507 e.